The van der Waals surface area contributed by atoms with Crippen molar-refractivity contribution in [3.8, 4) is 11.5 Å². The topological polar surface area (TPSA) is 162 Å². The van der Waals surface area contributed by atoms with Gasteiger partial charge in [0, 0.05) is 12.6 Å². The molecule has 2 aromatic carbocycles. The van der Waals surface area contributed by atoms with Crippen LogP contribution in [0.5, 0.6) is 11.5 Å². The fourth-order valence-corrected chi connectivity index (χ4v) is 4.75. The number of nitrogens with two attached hydrogens (primary N) is 1. The molecule has 1 heterocycles. The van der Waals surface area contributed by atoms with Gasteiger partial charge >= 0.3 is 10.1 Å². The molecular formula is C22H21N3O8S2. The standard InChI is InChI=1S/C22H21N3O8S2/c1-3-32-18-10-14(11-19-21(28)25(12-20(23)27)22(29)34-19)4-9-17(18)33-35(30,31)16-7-5-15(6-8-16)24-13(2)26/h4-11H,3,12H2,1-2H3,(H2,23,27)(H,24,26)/b19-11-. The third kappa shape index (κ3) is 6.39. The van der Waals surface area contributed by atoms with E-state index < -0.39 is 33.7 Å². The smallest absolute Gasteiger partial charge is 0.339 e. The summed E-state index contributed by atoms with van der Waals surface area (Å²) in [5, 5.41) is 1.92. The van der Waals surface area contributed by atoms with Gasteiger partial charge in [-0.25, -0.2) is 0 Å². The molecule has 1 fully saturated rings. The van der Waals surface area contributed by atoms with Crippen LogP contribution < -0.4 is 20.0 Å². The normalized spacial score (nSPS) is 14.8. The van der Waals surface area contributed by atoms with Crippen LogP contribution in [0.2, 0.25) is 0 Å². The van der Waals surface area contributed by atoms with Crippen LogP contribution >= 0.6 is 11.8 Å². The highest BCUT2D eigenvalue weighted by Gasteiger charge is 2.35. The van der Waals surface area contributed by atoms with E-state index in [4.69, 9.17) is 14.7 Å². The molecule has 2 aromatic rings. The zero-order valence-corrected chi connectivity index (χ0v) is 20.3. The lowest BCUT2D eigenvalue weighted by atomic mass is 10.2. The molecule has 3 rings (SSSR count). The molecule has 0 atom stereocenters. The van der Waals surface area contributed by atoms with Gasteiger partial charge < -0.3 is 20.0 Å². The number of anilines is 1. The summed E-state index contributed by atoms with van der Waals surface area (Å²) in [6.07, 6.45) is 1.41. The van der Waals surface area contributed by atoms with Crippen LogP contribution in [0.4, 0.5) is 10.5 Å². The molecule has 0 spiro atoms. The summed E-state index contributed by atoms with van der Waals surface area (Å²) in [5.41, 5.74) is 5.93. The highest BCUT2D eigenvalue weighted by Crippen LogP contribution is 2.35. The number of carbonyl (C=O) groups is 4. The van der Waals surface area contributed by atoms with Crippen LogP contribution in [0.15, 0.2) is 52.3 Å². The zero-order chi connectivity index (χ0) is 25.8. The van der Waals surface area contributed by atoms with Crippen molar-refractivity contribution in [3.63, 3.8) is 0 Å². The number of hydrogen-bond donors (Lipinski definition) is 2. The molecule has 13 heteroatoms. The number of imide groups is 1. The van der Waals surface area contributed by atoms with E-state index in [-0.39, 0.29) is 33.8 Å². The minimum absolute atomic E-state index is 0.0687. The lowest BCUT2D eigenvalue weighted by Crippen LogP contribution is -2.36. The van der Waals surface area contributed by atoms with Crippen molar-refractivity contribution in [2.75, 3.05) is 18.5 Å². The van der Waals surface area contributed by atoms with Gasteiger partial charge in [-0.3, -0.25) is 24.1 Å². The van der Waals surface area contributed by atoms with E-state index >= 15 is 0 Å². The fraction of sp³-hybridized carbons (Fsp3) is 0.182. The highest BCUT2D eigenvalue weighted by atomic mass is 32.2. The third-order valence-corrected chi connectivity index (χ3v) is 6.57. The number of rotatable bonds is 9. The molecular weight excluding hydrogens is 498 g/mol. The van der Waals surface area contributed by atoms with Gasteiger partial charge in [0.05, 0.1) is 11.5 Å². The summed E-state index contributed by atoms with van der Waals surface area (Å²) in [4.78, 5) is 47.3. The lowest BCUT2D eigenvalue weighted by Gasteiger charge is -2.13. The maximum absolute atomic E-state index is 12.8. The Kier molecular flexibility index (Phi) is 7.82. The zero-order valence-electron chi connectivity index (χ0n) is 18.6. The van der Waals surface area contributed by atoms with E-state index in [1.54, 1.807) is 6.92 Å². The van der Waals surface area contributed by atoms with Crippen molar-refractivity contribution in [3.05, 3.63) is 52.9 Å². The van der Waals surface area contributed by atoms with Gasteiger partial charge in [0.15, 0.2) is 11.5 Å². The van der Waals surface area contributed by atoms with Crippen LogP contribution in [-0.2, 0) is 24.5 Å². The first-order valence-corrected chi connectivity index (χ1v) is 12.4. The minimum atomic E-state index is -4.23. The highest BCUT2D eigenvalue weighted by molar-refractivity contribution is 8.18. The van der Waals surface area contributed by atoms with Crippen molar-refractivity contribution in [2.45, 2.75) is 18.7 Å². The number of primary amides is 1. The lowest BCUT2D eigenvalue weighted by molar-refractivity contribution is -0.127. The van der Waals surface area contributed by atoms with Crippen LogP contribution in [0, 0.1) is 0 Å². The molecule has 0 unspecified atom stereocenters. The van der Waals surface area contributed by atoms with Crippen molar-refractivity contribution < 1.29 is 36.5 Å². The van der Waals surface area contributed by atoms with E-state index in [2.05, 4.69) is 5.32 Å². The summed E-state index contributed by atoms with van der Waals surface area (Å²) < 4.78 is 36.3. The summed E-state index contributed by atoms with van der Waals surface area (Å²) in [5.74, 6) is -1.77. The Morgan fingerprint density at radius 2 is 1.80 bits per heavy atom. The summed E-state index contributed by atoms with van der Waals surface area (Å²) in [6, 6.07) is 9.72. The van der Waals surface area contributed by atoms with Gasteiger partial charge in [-0.2, -0.15) is 8.42 Å². The van der Waals surface area contributed by atoms with E-state index in [0.29, 0.717) is 23.0 Å². The second kappa shape index (κ2) is 10.6. The number of carbonyl (C=O) groups excluding carboxylic acids is 4. The SMILES string of the molecule is CCOc1cc(/C=C2\SC(=O)N(CC(N)=O)C2=O)ccc1OS(=O)(=O)c1ccc(NC(C)=O)cc1. The van der Waals surface area contributed by atoms with Gasteiger partial charge in [0.25, 0.3) is 11.1 Å². The largest absolute Gasteiger partial charge is 0.490 e. The van der Waals surface area contributed by atoms with Crippen LogP contribution in [0.3, 0.4) is 0 Å². The van der Waals surface area contributed by atoms with Crippen LogP contribution in [0.1, 0.15) is 19.4 Å². The molecule has 3 N–H and O–H groups in total. The number of amides is 4. The Hall–Kier alpha value is -3.84. The molecule has 0 aromatic heterocycles. The Balaban J connectivity index is 1.85. The predicted octanol–water partition coefficient (Wildman–Crippen LogP) is 2.33. The molecule has 184 valence electrons. The minimum Gasteiger partial charge on any atom is -0.490 e. The molecule has 1 aliphatic heterocycles. The molecule has 1 saturated heterocycles. The maximum atomic E-state index is 12.8. The van der Waals surface area contributed by atoms with Gasteiger partial charge in [-0.1, -0.05) is 6.07 Å². The number of nitrogens with zero attached hydrogens (tertiary/aromatic N) is 1. The van der Waals surface area contributed by atoms with Crippen molar-refractivity contribution in [1.29, 1.82) is 0 Å². The Morgan fingerprint density at radius 3 is 2.40 bits per heavy atom. The Bertz CT molecular complexity index is 1320. The van der Waals surface area contributed by atoms with Gasteiger partial charge in [0.1, 0.15) is 11.4 Å². The first-order valence-electron chi connectivity index (χ1n) is 10.1. The van der Waals surface area contributed by atoms with Crippen molar-refractivity contribution in [2.24, 2.45) is 5.73 Å². The first kappa shape index (κ1) is 25.8. The number of nitrogens with one attached hydrogen (secondary N) is 1. The van der Waals surface area contributed by atoms with Gasteiger partial charge in [0.2, 0.25) is 11.8 Å². The molecule has 35 heavy (non-hydrogen) atoms. The quantitative estimate of drug-likeness (QED) is 0.374. The molecule has 1 aliphatic rings. The summed E-state index contributed by atoms with van der Waals surface area (Å²) >= 11 is 0.651. The predicted molar refractivity (Wildman–Crippen MR) is 128 cm³/mol. The maximum Gasteiger partial charge on any atom is 0.339 e. The second-order valence-corrected chi connectivity index (χ2v) is 9.66. The van der Waals surface area contributed by atoms with Crippen molar-refractivity contribution in [1.82, 2.24) is 4.90 Å². The first-order chi connectivity index (χ1) is 16.5. The fourth-order valence-electron chi connectivity index (χ4n) is 2.97. The Labute approximate surface area is 205 Å². The van der Waals surface area contributed by atoms with E-state index in [1.807, 2.05) is 0 Å². The average molecular weight is 520 g/mol. The number of ether oxygens (including phenoxy) is 1. The number of thioether (sulfide) groups is 1. The van der Waals surface area contributed by atoms with Crippen LogP contribution in [0.25, 0.3) is 6.08 Å². The molecule has 0 aliphatic carbocycles. The summed E-state index contributed by atoms with van der Waals surface area (Å²) in [6.45, 7) is 2.70. The molecule has 11 nitrogen and oxygen atoms in total. The third-order valence-electron chi connectivity index (χ3n) is 4.42. The van der Waals surface area contributed by atoms with E-state index in [1.165, 1.54) is 55.5 Å². The van der Waals surface area contributed by atoms with Gasteiger partial charge in [-0.15, -0.1) is 0 Å². The van der Waals surface area contributed by atoms with E-state index in [9.17, 15) is 27.6 Å². The Morgan fingerprint density at radius 1 is 1.11 bits per heavy atom. The molecule has 4 amide bonds. The summed E-state index contributed by atoms with van der Waals surface area (Å²) in [7, 11) is -4.23. The molecule has 0 bridgehead atoms. The molecule has 0 saturated carbocycles. The monoisotopic (exact) mass is 519 g/mol. The van der Waals surface area contributed by atoms with Crippen LogP contribution in [-0.4, -0.2) is 49.4 Å². The number of hydrogen-bond acceptors (Lipinski definition) is 9. The van der Waals surface area contributed by atoms with Gasteiger partial charge in [-0.05, 0) is 66.7 Å². The van der Waals surface area contributed by atoms with E-state index in [0.717, 1.165) is 4.90 Å². The second-order valence-electron chi connectivity index (χ2n) is 7.12. The average Bonchev–Trinajstić information content (AvgIpc) is 3.02. The van der Waals surface area contributed by atoms with Crippen molar-refractivity contribution >= 4 is 56.6 Å². The number of benzene rings is 2. The molecule has 0 radical (unpaired) electrons.